The molecule has 0 aliphatic rings. The van der Waals surface area contributed by atoms with Crippen molar-refractivity contribution in [3.8, 4) is 5.75 Å². The first kappa shape index (κ1) is 17.9. The van der Waals surface area contributed by atoms with Crippen molar-refractivity contribution in [3.05, 3.63) is 54.6 Å². The summed E-state index contributed by atoms with van der Waals surface area (Å²) in [6.45, 7) is 7.58. The van der Waals surface area contributed by atoms with Crippen LogP contribution in [0.5, 0.6) is 5.75 Å². The molecule has 24 heavy (non-hydrogen) atoms. The van der Waals surface area contributed by atoms with Crippen LogP contribution >= 0.6 is 0 Å². The van der Waals surface area contributed by atoms with Gasteiger partial charge in [0.05, 0.1) is 11.8 Å². The van der Waals surface area contributed by atoms with Crippen LogP contribution in [0.25, 0.3) is 0 Å². The van der Waals surface area contributed by atoms with Crippen molar-refractivity contribution in [2.24, 2.45) is 0 Å². The molecule has 0 spiro atoms. The van der Waals surface area contributed by atoms with E-state index in [4.69, 9.17) is 4.74 Å². The van der Waals surface area contributed by atoms with Gasteiger partial charge in [-0.15, -0.1) is 0 Å². The van der Waals surface area contributed by atoms with Crippen LogP contribution in [0.2, 0.25) is 0 Å². The third-order valence-corrected chi connectivity index (χ3v) is 3.64. The van der Waals surface area contributed by atoms with E-state index in [-0.39, 0.29) is 12.0 Å². The molecule has 0 fully saturated rings. The normalized spacial score (nSPS) is 10.5. The lowest BCUT2D eigenvalue weighted by Gasteiger charge is -2.23. The predicted molar refractivity (Wildman–Crippen MR) is 99.8 cm³/mol. The van der Waals surface area contributed by atoms with Gasteiger partial charge in [0.2, 0.25) is 5.91 Å². The lowest BCUT2D eigenvalue weighted by atomic mass is 10.2. The van der Waals surface area contributed by atoms with Gasteiger partial charge in [-0.3, -0.25) is 4.79 Å². The van der Waals surface area contributed by atoms with Gasteiger partial charge in [0, 0.05) is 25.2 Å². The summed E-state index contributed by atoms with van der Waals surface area (Å²) in [5, 5.41) is 2.96. The van der Waals surface area contributed by atoms with Crippen molar-refractivity contribution >= 4 is 17.3 Å². The van der Waals surface area contributed by atoms with E-state index in [0.29, 0.717) is 18.7 Å². The summed E-state index contributed by atoms with van der Waals surface area (Å²) in [4.78, 5) is 14.5. The monoisotopic (exact) mass is 326 g/mol. The number of hydrogen-bond donors (Lipinski definition) is 1. The predicted octanol–water partition coefficient (Wildman–Crippen LogP) is 4.33. The summed E-state index contributed by atoms with van der Waals surface area (Å²) in [5.41, 5.74) is 1.86. The highest BCUT2D eigenvalue weighted by atomic mass is 16.5. The maximum atomic E-state index is 12.3. The van der Waals surface area contributed by atoms with Gasteiger partial charge in [0.15, 0.2) is 0 Å². The number of nitrogens with zero attached hydrogens (tertiary/aromatic N) is 1. The molecule has 0 saturated heterocycles. The van der Waals surface area contributed by atoms with Crippen LogP contribution in [-0.2, 0) is 4.79 Å². The minimum Gasteiger partial charge on any atom is -0.489 e. The zero-order valence-electron chi connectivity index (χ0n) is 14.7. The second-order valence-corrected chi connectivity index (χ2v) is 5.88. The van der Waals surface area contributed by atoms with Crippen molar-refractivity contribution in [3.63, 3.8) is 0 Å². The zero-order chi connectivity index (χ0) is 17.4. The Labute approximate surface area is 144 Å². The summed E-state index contributed by atoms with van der Waals surface area (Å²) in [7, 11) is 0. The third-order valence-electron chi connectivity index (χ3n) is 3.64. The zero-order valence-corrected chi connectivity index (χ0v) is 14.7. The Morgan fingerprint density at radius 3 is 2.42 bits per heavy atom. The summed E-state index contributed by atoms with van der Waals surface area (Å²) >= 11 is 0. The minimum atomic E-state index is -0.0100. The summed E-state index contributed by atoms with van der Waals surface area (Å²) in [6, 6.07) is 17.7. The van der Waals surface area contributed by atoms with Crippen LogP contribution in [0.4, 0.5) is 11.4 Å². The summed E-state index contributed by atoms with van der Waals surface area (Å²) in [5.74, 6) is 0.695. The fraction of sp³-hybridized carbons (Fsp3) is 0.350. The molecule has 0 aliphatic heterocycles. The van der Waals surface area contributed by atoms with E-state index in [0.717, 1.165) is 17.9 Å². The van der Waals surface area contributed by atoms with Gasteiger partial charge in [-0.1, -0.05) is 30.3 Å². The van der Waals surface area contributed by atoms with E-state index in [1.165, 1.54) is 0 Å². The quantitative estimate of drug-likeness (QED) is 0.785. The van der Waals surface area contributed by atoms with Gasteiger partial charge >= 0.3 is 0 Å². The molecule has 0 heterocycles. The SMILES string of the molecule is CCN(CCC(=O)Nc1ccccc1OC(C)C)c1ccccc1. The number of hydrogen-bond acceptors (Lipinski definition) is 3. The highest BCUT2D eigenvalue weighted by molar-refractivity contribution is 5.92. The lowest BCUT2D eigenvalue weighted by molar-refractivity contribution is -0.116. The van der Waals surface area contributed by atoms with Gasteiger partial charge in [-0.2, -0.15) is 0 Å². The summed E-state index contributed by atoms with van der Waals surface area (Å²) < 4.78 is 5.74. The molecule has 4 heteroatoms. The van der Waals surface area contributed by atoms with Crippen LogP contribution in [0.15, 0.2) is 54.6 Å². The van der Waals surface area contributed by atoms with E-state index in [9.17, 15) is 4.79 Å². The molecule has 0 aliphatic carbocycles. The molecule has 1 N–H and O–H groups in total. The first-order chi connectivity index (χ1) is 11.6. The van der Waals surface area contributed by atoms with Crippen molar-refractivity contribution in [2.75, 3.05) is 23.3 Å². The number of amides is 1. The largest absolute Gasteiger partial charge is 0.489 e. The molecule has 0 aromatic heterocycles. The Bertz CT molecular complexity index is 641. The maximum absolute atomic E-state index is 12.3. The molecule has 1 amide bonds. The van der Waals surface area contributed by atoms with Crippen molar-refractivity contribution in [2.45, 2.75) is 33.3 Å². The number of ether oxygens (including phenoxy) is 1. The summed E-state index contributed by atoms with van der Waals surface area (Å²) in [6.07, 6.45) is 0.496. The number of carbonyl (C=O) groups excluding carboxylic acids is 1. The fourth-order valence-electron chi connectivity index (χ4n) is 2.48. The smallest absolute Gasteiger partial charge is 0.226 e. The van der Waals surface area contributed by atoms with Gasteiger partial charge < -0.3 is 15.0 Å². The molecule has 2 aromatic rings. The number of benzene rings is 2. The Morgan fingerprint density at radius 1 is 1.08 bits per heavy atom. The van der Waals surface area contributed by atoms with Crippen LogP contribution in [0, 0.1) is 0 Å². The fourth-order valence-corrected chi connectivity index (χ4v) is 2.48. The van der Waals surface area contributed by atoms with E-state index in [1.54, 1.807) is 0 Å². The third kappa shape index (κ3) is 5.30. The molecule has 2 aromatic carbocycles. The minimum absolute atomic E-state index is 0.0100. The highest BCUT2D eigenvalue weighted by Crippen LogP contribution is 2.25. The van der Waals surface area contributed by atoms with Crippen molar-refractivity contribution in [1.82, 2.24) is 0 Å². The maximum Gasteiger partial charge on any atom is 0.226 e. The molecule has 4 nitrogen and oxygen atoms in total. The van der Waals surface area contributed by atoms with Crippen LogP contribution in [0.1, 0.15) is 27.2 Å². The Morgan fingerprint density at radius 2 is 1.75 bits per heavy atom. The standard InChI is InChI=1S/C20H26N2O2/c1-4-22(17-10-6-5-7-11-17)15-14-20(23)21-18-12-8-9-13-19(18)24-16(2)3/h5-13,16H,4,14-15H2,1-3H3,(H,21,23). The van der Waals surface area contributed by atoms with Gasteiger partial charge in [0.25, 0.3) is 0 Å². The van der Waals surface area contributed by atoms with Crippen LogP contribution < -0.4 is 15.0 Å². The van der Waals surface area contributed by atoms with E-state index in [1.807, 2.05) is 56.3 Å². The van der Waals surface area contributed by atoms with E-state index < -0.39 is 0 Å². The Kier molecular flexibility index (Phi) is 6.67. The first-order valence-electron chi connectivity index (χ1n) is 8.45. The molecule has 0 bridgehead atoms. The molecule has 128 valence electrons. The lowest BCUT2D eigenvalue weighted by Crippen LogP contribution is -2.27. The molecule has 0 radical (unpaired) electrons. The highest BCUT2D eigenvalue weighted by Gasteiger charge is 2.11. The number of carbonyl (C=O) groups is 1. The van der Waals surface area contributed by atoms with E-state index >= 15 is 0 Å². The second kappa shape index (κ2) is 8.96. The molecule has 0 saturated carbocycles. The van der Waals surface area contributed by atoms with Crippen LogP contribution in [0.3, 0.4) is 0 Å². The molecule has 0 atom stereocenters. The average Bonchev–Trinajstić information content (AvgIpc) is 2.58. The Hall–Kier alpha value is -2.49. The average molecular weight is 326 g/mol. The molecule has 2 rings (SSSR count). The number of para-hydroxylation sites is 3. The van der Waals surface area contributed by atoms with Crippen LogP contribution in [-0.4, -0.2) is 25.1 Å². The van der Waals surface area contributed by atoms with Gasteiger partial charge in [0.1, 0.15) is 5.75 Å². The number of rotatable bonds is 8. The number of nitrogens with one attached hydrogen (secondary N) is 1. The first-order valence-corrected chi connectivity index (χ1v) is 8.45. The number of anilines is 2. The molecular weight excluding hydrogens is 300 g/mol. The second-order valence-electron chi connectivity index (χ2n) is 5.88. The van der Waals surface area contributed by atoms with Crippen molar-refractivity contribution < 1.29 is 9.53 Å². The van der Waals surface area contributed by atoms with Gasteiger partial charge in [-0.05, 0) is 45.0 Å². The Balaban J connectivity index is 1.94. The van der Waals surface area contributed by atoms with E-state index in [2.05, 4.69) is 29.3 Å². The topological polar surface area (TPSA) is 41.6 Å². The van der Waals surface area contributed by atoms with Gasteiger partial charge in [-0.25, -0.2) is 0 Å². The molecular formula is C20H26N2O2. The molecule has 0 unspecified atom stereocenters. The van der Waals surface area contributed by atoms with Crippen molar-refractivity contribution in [1.29, 1.82) is 0 Å².